The number of piperazine rings is 1. The van der Waals surface area contributed by atoms with Crippen LogP contribution in [0.1, 0.15) is 24.6 Å². The van der Waals surface area contributed by atoms with E-state index in [1.54, 1.807) is 0 Å². The van der Waals surface area contributed by atoms with Gasteiger partial charge in [0.2, 0.25) is 0 Å². The topological polar surface area (TPSA) is 45.4 Å². The van der Waals surface area contributed by atoms with Crippen molar-refractivity contribution in [3.8, 4) is 0 Å². The quantitative estimate of drug-likeness (QED) is 0.874. The molecule has 0 radical (unpaired) electrons. The maximum Gasteiger partial charge on any atom is 0.128 e. The zero-order valence-electron chi connectivity index (χ0n) is 11.5. The minimum Gasteiger partial charge on any atom is -0.354 e. The lowest BCUT2D eigenvalue weighted by Gasteiger charge is -2.35. The third-order valence-electron chi connectivity index (χ3n) is 3.64. The summed E-state index contributed by atoms with van der Waals surface area (Å²) in [7, 11) is 0. The van der Waals surface area contributed by atoms with Crippen LogP contribution in [-0.2, 0) is 6.54 Å². The second-order valence-corrected chi connectivity index (χ2v) is 4.95. The molecule has 0 spiro atoms. The van der Waals surface area contributed by atoms with Gasteiger partial charge >= 0.3 is 0 Å². The van der Waals surface area contributed by atoms with E-state index in [-0.39, 0.29) is 0 Å². The fourth-order valence-electron chi connectivity index (χ4n) is 2.49. The first-order valence-electron chi connectivity index (χ1n) is 6.88. The Labute approximate surface area is 110 Å². The highest BCUT2D eigenvalue weighted by atomic mass is 15.3. The molecular weight excluding hydrogens is 224 g/mol. The maximum atomic E-state index is 5.67. The molecule has 2 heterocycles. The molecule has 0 unspecified atom stereocenters. The molecule has 0 aromatic carbocycles. The molecule has 4 nitrogen and oxygen atoms in total. The maximum absolute atomic E-state index is 5.67. The van der Waals surface area contributed by atoms with E-state index >= 15 is 0 Å². The molecule has 1 aromatic rings. The second-order valence-electron chi connectivity index (χ2n) is 4.95. The van der Waals surface area contributed by atoms with Gasteiger partial charge in [-0.2, -0.15) is 0 Å². The summed E-state index contributed by atoms with van der Waals surface area (Å²) in [5, 5.41) is 0. The predicted molar refractivity (Wildman–Crippen MR) is 75.8 cm³/mol. The van der Waals surface area contributed by atoms with Gasteiger partial charge in [-0.1, -0.05) is 13.0 Å². The molecule has 0 saturated carbocycles. The Balaban J connectivity index is 1.99. The van der Waals surface area contributed by atoms with Crippen molar-refractivity contribution in [3.63, 3.8) is 0 Å². The minimum absolute atomic E-state index is 0.573. The Hall–Kier alpha value is -1.13. The summed E-state index contributed by atoms with van der Waals surface area (Å²) < 4.78 is 0. The van der Waals surface area contributed by atoms with E-state index in [0.717, 1.165) is 43.3 Å². The Morgan fingerprint density at radius 2 is 1.94 bits per heavy atom. The molecule has 1 saturated heterocycles. The number of rotatable bonds is 4. The van der Waals surface area contributed by atoms with E-state index in [2.05, 4.69) is 33.8 Å². The molecule has 1 aliphatic heterocycles. The molecule has 2 N–H and O–H groups in total. The van der Waals surface area contributed by atoms with Crippen LogP contribution in [-0.4, -0.2) is 42.6 Å². The third-order valence-corrected chi connectivity index (χ3v) is 3.64. The van der Waals surface area contributed by atoms with Crippen LogP contribution in [0.15, 0.2) is 12.1 Å². The van der Waals surface area contributed by atoms with Crippen LogP contribution in [0.5, 0.6) is 0 Å². The first kappa shape index (κ1) is 13.3. The average Bonchev–Trinajstić information content (AvgIpc) is 2.40. The van der Waals surface area contributed by atoms with Crippen molar-refractivity contribution in [2.24, 2.45) is 5.73 Å². The third kappa shape index (κ3) is 3.00. The predicted octanol–water partition coefficient (Wildman–Crippen LogP) is 1.38. The molecule has 4 heteroatoms. The van der Waals surface area contributed by atoms with E-state index < -0.39 is 0 Å². The Morgan fingerprint density at radius 3 is 2.50 bits per heavy atom. The average molecular weight is 248 g/mol. The fraction of sp³-hybridized carbons (Fsp3) is 0.643. The van der Waals surface area contributed by atoms with Crippen LogP contribution in [0, 0.1) is 6.92 Å². The SMILES string of the molecule is CCCN1CCN(c2ccc(CN)c(C)n2)CC1. The molecule has 1 aliphatic rings. The van der Waals surface area contributed by atoms with Crippen molar-refractivity contribution >= 4 is 5.82 Å². The van der Waals surface area contributed by atoms with E-state index in [1.165, 1.54) is 13.0 Å². The van der Waals surface area contributed by atoms with Crippen molar-refractivity contribution in [2.75, 3.05) is 37.6 Å². The number of hydrogen-bond donors (Lipinski definition) is 1. The number of anilines is 1. The van der Waals surface area contributed by atoms with Crippen molar-refractivity contribution in [3.05, 3.63) is 23.4 Å². The number of hydrogen-bond acceptors (Lipinski definition) is 4. The first-order valence-corrected chi connectivity index (χ1v) is 6.88. The molecule has 2 rings (SSSR count). The lowest BCUT2D eigenvalue weighted by molar-refractivity contribution is 0.258. The van der Waals surface area contributed by atoms with Crippen LogP contribution < -0.4 is 10.6 Å². The van der Waals surface area contributed by atoms with Gasteiger partial charge < -0.3 is 10.6 Å². The van der Waals surface area contributed by atoms with Gasteiger partial charge in [-0.05, 0) is 31.5 Å². The first-order chi connectivity index (χ1) is 8.74. The number of aryl methyl sites for hydroxylation is 1. The second kappa shape index (κ2) is 6.16. The highest BCUT2D eigenvalue weighted by molar-refractivity contribution is 5.42. The zero-order chi connectivity index (χ0) is 13.0. The Morgan fingerprint density at radius 1 is 1.22 bits per heavy atom. The summed E-state index contributed by atoms with van der Waals surface area (Å²) in [4.78, 5) is 9.57. The van der Waals surface area contributed by atoms with Crippen molar-refractivity contribution in [1.29, 1.82) is 0 Å². The van der Waals surface area contributed by atoms with Gasteiger partial charge in [-0.15, -0.1) is 0 Å². The van der Waals surface area contributed by atoms with Gasteiger partial charge in [-0.3, -0.25) is 4.90 Å². The highest BCUT2D eigenvalue weighted by Gasteiger charge is 2.17. The summed E-state index contributed by atoms with van der Waals surface area (Å²) in [6, 6.07) is 4.21. The summed E-state index contributed by atoms with van der Waals surface area (Å²) in [5.74, 6) is 1.10. The number of aromatic nitrogens is 1. The molecule has 0 amide bonds. The van der Waals surface area contributed by atoms with Crippen molar-refractivity contribution in [2.45, 2.75) is 26.8 Å². The summed E-state index contributed by atoms with van der Waals surface area (Å²) in [5.41, 5.74) is 7.87. The highest BCUT2D eigenvalue weighted by Crippen LogP contribution is 2.16. The van der Waals surface area contributed by atoms with E-state index in [1.807, 2.05) is 6.92 Å². The van der Waals surface area contributed by atoms with Crippen LogP contribution in [0.2, 0.25) is 0 Å². The molecule has 0 aliphatic carbocycles. The van der Waals surface area contributed by atoms with E-state index in [9.17, 15) is 0 Å². The van der Waals surface area contributed by atoms with Gasteiger partial charge in [0.1, 0.15) is 5.82 Å². The minimum atomic E-state index is 0.573. The summed E-state index contributed by atoms with van der Waals surface area (Å²) in [6.07, 6.45) is 1.24. The standard InChI is InChI=1S/C14H24N4/c1-3-6-17-7-9-18(10-8-17)14-5-4-13(11-15)12(2)16-14/h4-5H,3,6-11,15H2,1-2H3. The number of pyridine rings is 1. The Bertz CT molecular complexity index is 383. The largest absolute Gasteiger partial charge is 0.354 e. The van der Waals surface area contributed by atoms with Gasteiger partial charge in [0.25, 0.3) is 0 Å². The van der Waals surface area contributed by atoms with Crippen LogP contribution in [0.4, 0.5) is 5.82 Å². The van der Waals surface area contributed by atoms with Gasteiger partial charge in [0.15, 0.2) is 0 Å². The molecule has 18 heavy (non-hydrogen) atoms. The van der Waals surface area contributed by atoms with Gasteiger partial charge in [-0.25, -0.2) is 4.98 Å². The monoisotopic (exact) mass is 248 g/mol. The van der Waals surface area contributed by atoms with E-state index in [0.29, 0.717) is 6.54 Å². The lowest BCUT2D eigenvalue weighted by Crippen LogP contribution is -2.46. The molecule has 0 bridgehead atoms. The Kier molecular flexibility index (Phi) is 4.55. The fourth-order valence-corrected chi connectivity index (χ4v) is 2.49. The van der Waals surface area contributed by atoms with Crippen molar-refractivity contribution in [1.82, 2.24) is 9.88 Å². The van der Waals surface area contributed by atoms with Gasteiger partial charge in [0, 0.05) is 38.4 Å². The number of nitrogens with two attached hydrogens (primary N) is 1. The number of nitrogens with zero attached hydrogens (tertiary/aromatic N) is 3. The summed E-state index contributed by atoms with van der Waals surface area (Å²) >= 11 is 0. The van der Waals surface area contributed by atoms with Gasteiger partial charge in [0.05, 0.1) is 0 Å². The van der Waals surface area contributed by atoms with Crippen LogP contribution in [0.25, 0.3) is 0 Å². The normalized spacial score (nSPS) is 17.2. The molecule has 100 valence electrons. The van der Waals surface area contributed by atoms with Crippen molar-refractivity contribution < 1.29 is 0 Å². The molecular formula is C14H24N4. The van der Waals surface area contributed by atoms with Crippen LogP contribution >= 0.6 is 0 Å². The lowest BCUT2D eigenvalue weighted by atomic mass is 10.2. The van der Waals surface area contributed by atoms with E-state index in [4.69, 9.17) is 5.73 Å². The molecule has 1 fully saturated rings. The zero-order valence-corrected chi connectivity index (χ0v) is 11.5. The summed E-state index contributed by atoms with van der Waals surface area (Å²) in [6.45, 7) is 10.5. The molecule has 1 aromatic heterocycles. The van der Waals surface area contributed by atoms with Crippen LogP contribution in [0.3, 0.4) is 0 Å². The smallest absolute Gasteiger partial charge is 0.128 e. The molecule has 0 atom stereocenters.